The van der Waals surface area contributed by atoms with Gasteiger partial charge in [0.1, 0.15) is 22.3 Å². The number of rotatable bonds is 3. The maximum atomic E-state index is 10.4. The highest BCUT2D eigenvalue weighted by atomic mass is 32.1. The van der Waals surface area contributed by atoms with E-state index in [1.54, 1.807) is 48.5 Å². The summed E-state index contributed by atoms with van der Waals surface area (Å²) in [5.41, 5.74) is 3.30. The van der Waals surface area contributed by atoms with E-state index in [9.17, 15) is 15.3 Å². The number of aryl methyl sites for hydroxylation is 1. The lowest BCUT2D eigenvalue weighted by Gasteiger charge is -2.02. The molecule has 3 aromatic carbocycles. The highest BCUT2D eigenvalue weighted by molar-refractivity contribution is 7.21. The Hall–Kier alpha value is -3.45. The molecule has 0 fully saturated rings. The number of thiazole rings is 1. The minimum atomic E-state index is 0.0529. The van der Waals surface area contributed by atoms with Crippen LogP contribution in [0.15, 0.2) is 64.8 Å². The molecule has 0 aliphatic carbocycles. The van der Waals surface area contributed by atoms with Crippen LogP contribution in [-0.2, 0) is 0 Å². The van der Waals surface area contributed by atoms with Crippen molar-refractivity contribution in [3.05, 3.63) is 60.2 Å². The first-order valence-electron chi connectivity index (χ1n) is 8.14. The Morgan fingerprint density at radius 1 is 0.852 bits per heavy atom. The quantitative estimate of drug-likeness (QED) is 0.393. The van der Waals surface area contributed by atoms with E-state index < -0.39 is 0 Å². The third-order valence-corrected chi connectivity index (χ3v) is 5.09. The normalized spacial score (nSPS) is 11.4. The van der Waals surface area contributed by atoms with Crippen molar-refractivity contribution in [2.75, 3.05) is 0 Å². The summed E-state index contributed by atoms with van der Waals surface area (Å²) in [4.78, 5) is 4.50. The summed E-state index contributed by atoms with van der Waals surface area (Å²) in [5.74, 6) is 0.414. The van der Waals surface area contributed by atoms with Crippen LogP contribution in [0.25, 0.3) is 20.8 Å². The first-order chi connectivity index (χ1) is 13.0. The lowest BCUT2D eigenvalue weighted by Crippen LogP contribution is -1.78. The summed E-state index contributed by atoms with van der Waals surface area (Å²) in [6.07, 6.45) is 0. The number of phenols is 3. The molecule has 0 atom stereocenters. The van der Waals surface area contributed by atoms with Crippen LogP contribution in [-0.4, -0.2) is 20.3 Å². The molecule has 0 unspecified atom stereocenters. The number of fused-ring (bicyclic) bond motifs is 1. The summed E-state index contributed by atoms with van der Waals surface area (Å²) in [7, 11) is 0. The molecule has 4 aromatic rings. The van der Waals surface area contributed by atoms with E-state index in [0.29, 0.717) is 21.9 Å². The van der Waals surface area contributed by atoms with Crippen molar-refractivity contribution in [2.24, 2.45) is 10.2 Å². The van der Waals surface area contributed by atoms with Crippen LogP contribution in [0, 0.1) is 6.92 Å². The van der Waals surface area contributed by atoms with Gasteiger partial charge in [-0.05, 0) is 61.0 Å². The van der Waals surface area contributed by atoms with Crippen molar-refractivity contribution in [1.29, 1.82) is 0 Å². The van der Waals surface area contributed by atoms with Crippen molar-refractivity contribution in [2.45, 2.75) is 6.92 Å². The van der Waals surface area contributed by atoms with Gasteiger partial charge >= 0.3 is 0 Å². The van der Waals surface area contributed by atoms with Crippen LogP contribution in [0.3, 0.4) is 0 Å². The van der Waals surface area contributed by atoms with Gasteiger partial charge in [-0.15, -0.1) is 11.3 Å². The van der Waals surface area contributed by atoms with Crippen molar-refractivity contribution in [3.63, 3.8) is 0 Å². The molecular formula is C20H15N3O3S. The average Bonchev–Trinajstić information content (AvgIpc) is 3.03. The molecule has 0 aliphatic rings. The Bertz CT molecular complexity index is 1180. The Kier molecular flexibility index (Phi) is 4.21. The fourth-order valence-corrected chi connectivity index (χ4v) is 3.69. The minimum absolute atomic E-state index is 0.0529. The number of hydrogen-bond acceptors (Lipinski definition) is 7. The van der Waals surface area contributed by atoms with Crippen molar-refractivity contribution in [1.82, 2.24) is 4.98 Å². The summed E-state index contributed by atoms with van der Waals surface area (Å²) in [5, 5.41) is 38.4. The summed E-state index contributed by atoms with van der Waals surface area (Å²) in [6.45, 7) is 1.83. The molecule has 134 valence electrons. The number of phenolic OH excluding ortho intramolecular Hbond substituents is 3. The second-order valence-corrected chi connectivity index (χ2v) is 7.07. The van der Waals surface area contributed by atoms with Gasteiger partial charge in [-0.1, -0.05) is 0 Å². The zero-order valence-corrected chi connectivity index (χ0v) is 15.1. The van der Waals surface area contributed by atoms with Crippen LogP contribution in [0.5, 0.6) is 17.2 Å². The summed E-state index contributed by atoms with van der Waals surface area (Å²) < 4.78 is 0.843. The van der Waals surface area contributed by atoms with Crippen molar-refractivity contribution in [3.8, 4) is 27.8 Å². The molecule has 0 aliphatic heterocycles. The zero-order valence-electron chi connectivity index (χ0n) is 14.3. The van der Waals surface area contributed by atoms with Crippen LogP contribution in [0.2, 0.25) is 0 Å². The maximum absolute atomic E-state index is 10.4. The van der Waals surface area contributed by atoms with Crippen LogP contribution in [0.4, 0.5) is 11.4 Å². The monoisotopic (exact) mass is 377 g/mol. The van der Waals surface area contributed by atoms with Gasteiger partial charge in [0.15, 0.2) is 0 Å². The summed E-state index contributed by atoms with van der Waals surface area (Å²) in [6, 6.07) is 14.8. The minimum Gasteiger partial charge on any atom is -0.508 e. The zero-order chi connectivity index (χ0) is 19.0. The highest BCUT2D eigenvalue weighted by Crippen LogP contribution is 2.38. The number of nitrogens with zero attached hydrogens (tertiary/aromatic N) is 3. The number of azo groups is 1. The molecule has 27 heavy (non-hydrogen) atoms. The SMILES string of the molecule is Cc1cc(O)ccc1N=Nc1ccc(-c2nc3ccc(O)cc3s2)c(O)c1. The van der Waals surface area contributed by atoms with E-state index in [2.05, 4.69) is 15.2 Å². The molecule has 1 aromatic heterocycles. The van der Waals surface area contributed by atoms with Crippen LogP contribution < -0.4 is 0 Å². The molecule has 0 radical (unpaired) electrons. The van der Waals surface area contributed by atoms with E-state index in [1.165, 1.54) is 17.4 Å². The Balaban J connectivity index is 1.64. The molecule has 6 nitrogen and oxygen atoms in total. The smallest absolute Gasteiger partial charge is 0.128 e. The lowest BCUT2D eigenvalue weighted by atomic mass is 10.2. The number of aromatic nitrogens is 1. The molecule has 3 N–H and O–H groups in total. The number of benzene rings is 3. The fraction of sp³-hybridized carbons (Fsp3) is 0.0500. The Morgan fingerprint density at radius 3 is 2.41 bits per heavy atom. The van der Waals surface area contributed by atoms with Gasteiger partial charge in [-0.2, -0.15) is 10.2 Å². The van der Waals surface area contributed by atoms with Gasteiger partial charge in [0, 0.05) is 6.07 Å². The maximum Gasteiger partial charge on any atom is 0.128 e. The summed E-state index contributed by atoms with van der Waals surface area (Å²) >= 11 is 1.39. The van der Waals surface area contributed by atoms with E-state index in [-0.39, 0.29) is 17.2 Å². The van der Waals surface area contributed by atoms with Gasteiger partial charge in [0.05, 0.1) is 27.2 Å². The first-order valence-corrected chi connectivity index (χ1v) is 8.95. The molecule has 0 spiro atoms. The van der Waals surface area contributed by atoms with Crippen LogP contribution >= 0.6 is 11.3 Å². The topological polar surface area (TPSA) is 98.3 Å². The average molecular weight is 377 g/mol. The number of aromatic hydroxyl groups is 3. The molecule has 4 rings (SSSR count). The van der Waals surface area contributed by atoms with E-state index in [4.69, 9.17) is 0 Å². The highest BCUT2D eigenvalue weighted by Gasteiger charge is 2.11. The second-order valence-electron chi connectivity index (χ2n) is 6.04. The predicted molar refractivity (Wildman–Crippen MR) is 105 cm³/mol. The van der Waals surface area contributed by atoms with E-state index in [1.807, 2.05) is 6.92 Å². The predicted octanol–water partition coefficient (Wildman–Crippen LogP) is 5.80. The Labute approximate surface area is 158 Å². The third-order valence-electron chi connectivity index (χ3n) is 4.04. The van der Waals surface area contributed by atoms with Crippen molar-refractivity contribution < 1.29 is 15.3 Å². The molecular weight excluding hydrogens is 362 g/mol. The fourth-order valence-electron chi connectivity index (χ4n) is 2.66. The standard InChI is InChI=1S/C20H15N3O3S/c1-11-8-13(24)3-6-16(11)23-22-12-2-5-15(18(26)9-12)20-21-17-7-4-14(25)10-19(17)27-20/h2-10,24-26H,1H3. The van der Waals surface area contributed by atoms with Gasteiger partial charge < -0.3 is 15.3 Å². The van der Waals surface area contributed by atoms with Gasteiger partial charge in [-0.25, -0.2) is 4.98 Å². The van der Waals surface area contributed by atoms with Crippen molar-refractivity contribution >= 4 is 32.9 Å². The molecule has 0 saturated carbocycles. The van der Waals surface area contributed by atoms with Gasteiger partial charge in [0.25, 0.3) is 0 Å². The molecule has 7 heteroatoms. The molecule has 1 heterocycles. The third kappa shape index (κ3) is 3.45. The van der Waals surface area contributed by atoms with Crippen LogP contribution in [0.1, 0.15) is 5.56 Å². The number of hydrogen-bond donors (Lipinski definition) is 3. The largest absolute Gasteiger partial charge is 0.508 e. The van der Waals surface area contributed by atoms with E-state index >= 15 is 0 Å². The molecule has 0 bridgehead atoms. The van der Waals surface area contributed by atoms with Gasteiger partial charge in [0.2, 0.25) is 0 Å². The first kappa shape index (κ1) is 17.0. The molecule has 0 saturated heterocycles. The second kappa shape index (κ2) is 6.69. The van der Waals surface area contributed by atoms with E-state index in [0.717, 1.165) is 15.8 Å². The molecule has 0 amide bonds. The van der Waals surface area contributed by atoms with Gasteiger partial charge in [-0.3, -0.25) is 0 Å². The Morgan fingerprint density at radius 2 is 1.63 bits per heavy atom. The lowest BCUT2D eigenvalue weighted by molar-refractivity contribution is 0.474.